The van der Waals surface area contributed by atoms with Crippen LogP contribution < -0.4 is 11.1 Å². The molecule has 6 heteroatoms. The molecule has 0 radical (unpaired) electrons. The number of anilines is 2. The van der Waals surface area contributed by atoms with E-state index in [4.69, 9.17) is 17.3 Å². The van der Waals surface area contributed by atoms with Gasteiger partial charge in [0, 0.05) is 6.54 Å². The molecule has 1 aromatic heterocycles. The minimum Gasteiger partial charge on any atom is -0.368 e. The molecule has 0 saturated heterocycles. The number of nitrogens with zero attached hydrogens (tertiary/aromatic N) is 2. The van der Waals surface area contributed by atoms with Gasteiger partial charge in [0.05, 0.1) is 6.20 Å². The molecular formula is C13H14ClFN4. The number of rotatable bonds is 3. The summed E-state index contributed by atoms with van der Waals surface area (Å²) in [6, 6.07) is 3.57. The molecule has 4 nitrogen and oxygen atoms in total. The molecule has 3 N–H and O–H groups in total. The number of benzene rings is 1. The SMILES string of the molecule is Cc1cc(CNc2nc(N)ncc2Cl)cc(C)c1F. The van der Waals surface area contributed by atoms with Gasteiger partial charge in [0.15, 0.2) is 5.82 Å². The van der Waals surface area contributed by atoms with Crippen molar-refractivity contribution in [2.75, 3.05) is 11.1 Å². The topological polar surface area (TPSA) is 63.8 Å². The Hall–Kier alpha value is -1.88. The van der Waals surface area contributed by atoms with E-state index in [2.05, 4.69) is 15.3 Å². The zero-order chi connectivity index (χ0) is 14.0. The fraction of sp³-hybridized carbons (Fsp3) is 0.231. The molecular weight excluding hydrogens is 267 g/mol. The first-order valence-corrected chi connectivity index (χ1v) is 6.12. The van der Waals surface area contributed by atoms with Gasteiger partial charge in [-0.15, -0.1) is 0 Å². The second-order valence-corrected chi connectivity index (χ2v) is 4.73. The molecule has 0 fully saturated rings. The lowest BCUT2D eigenvalue weighted by atomic mass is 10.1. The normalized spacial score (nSPS) is 10.5. The van der Waals surface area contributed by atoms with Crippen molar-refractivity contribution >= 4 is 23.4 Å². The average molecular weight is 281 g/mol. The zero-order valence-electron chi connectivity index (χ0n) is 10.7. The molecule has 0 aliphatic rings. The van der Waals surface area contributed by atoms with E-state index in [-0.39, 0.29) is 11.8 Å². The van der Waals surface area contributed by atoms with Crippen LogP contribution in [0.4, 0.5) is 16.2 Å². The molecule has 19 heavy (non-hydrogen) atoms. The Balaban J connectivity index is 2.17. The van der Waals surface area contributed by atoms with Gasteiger partial charge in [-0.3, -0.25) is 0 Å². The molecule has 2 rings (SSSR count). The Morgan fingerprint density at radius 1 is 1.32 bits per heavy atom. The van der Waals surface area contributed by atoms with Crippen LogP contribution in [-0.4, -0.2) is 9.97 Å². The lowest BCUT2D eigenvalue weighted by Crippen LogP contribution is -2.05. The van der Waals surface area contributed by atoms with Crippen LogP contribution >= 0.6 is 11.6 Å². The van der Waals surface area contributed by atoms with Crippen LogP contribution in [0.15, 0.2) is 18.3 Å². The van der Waals surface area contributed by atoms with Crippen molar-refractivity contribution in [1.29, 1.82) is 0 Å². The largest absolute Gasteiger partial charge is 0.368 e. The van der Waals surface area contributed by atoms with Gasteiger partial charge < -0.3 is 11.1 Å². The zero-order valence-corrected chi connectivity index (χ0v) is 11.4. The molecule has 0 aliphatic heterocycles. The number of aromatic nitrogens is 2. The van der Waals surface area contributed by atoms with E-state index >= 15 is 0 Å². The standard InChI is InChI=1S/C13H14ClFN4/c1-7-3-9(4-8(2)11(7)15)5-17-12-10(14)6-18-13(16)19-12/h3-4,6H,5H2,1-2H3,(H3,16,17,18,19). The maximum absolute atomic E-state index is 13.5. The van der Waals surface area contributed by atoms with E-state index in [0.717, 1.165) is 5.56 Å². The third-order valence-corrected chi connectivity index (χ3v) is 3.00. The van der Waals surface area contributed by atoms with Crippen molar-refractivity contribution < 1.29 is 4.39 Å². The average Bonchev–Trinajstić information content (AvgIpc) is 2.37. The van der Waals surface area contributed by atoms with Gasteiger partial charge in [-0.25, -0.2) is 9.37 Å². The smallest absolute Gasteiger partial charge is 0.222 e. The summed E-state index contributed by atoms with van der Waals surface area (Å²) in [5.74, 6) is 0.445. The number of hydrogen-bond acceptors (Lipinski definition) is 4. The molecule has 0 unspecified atom stereocenters. The van der Waals surface area contributed by atoms with Crippen molar-refractivity contribution in [2.45, 2.75) is 20.4 Å². The summed E-state index contributed by atoms with van der Waals surface area (Å²) in [6.07, 6.45) is 1.44. The summed E-state index contributed by atoms with van der Waals surface area (Å²) in [4.78, 5) is 7.78. The first kappa shape index (κ1) is 13.5. The van der Waals surface area contributed by atoms with Gasteiger partial charge in [0.2, 0.25) is 5.95 Å². The second kappa shape index (κ2) is 5.40. The first-order chi connectivity index (χ1) is 8.97. The predicted octanol–water partition coefficient (Wildman–Crippen LogP) is 3.08. The second-order valence-electron chi connectivity index (χ2n) is 4.32. The van der Waals surface area contributed by atoms with Gasteiger partial charge in [-0.2, -0.15) is 4.98 Å². The Morgan fingerprint density at radius 2 is 1.95 bits per heavy atom. The molecule has 0 bridgehead atoms. The van der Waals surface area contributed by atoms with Gasteiger partial charge in [0.25, 0.3) is 0 Å². The highest BCUT2D eigenvalue weighted by Gasteiger charge is 2.06. The van der Waals surface area contributed by atoms with Crippen molar-refractivity contribution in [3.63, 3.8) is 0 Å². The Labute approximate surface area is 115 Å². The monoisotopic (exact) mass is 280 g/mol. The molecule has 2 aromatic rings. The first-order valence-electron chi connectivity index (χ1n) is 5.75. The number of aryl methyl sites for hydroxylation is 2. The maximum Gasteiger partial charge on any atom is 0.222 e. The van der Waals surface area contributed by atoms with E-state index in [1.807, 2.05) is 0 Å². The van der Waals surface area contributed by atoms with Gasteiger partial charge >= 0.3 is 0 Å². The number of nitrogen functional groups attached to an aromatic ring is 1. The van der Waals surface area contributed by atoms with Gasteiger partial charge in [-0.05, 0) is 30.5 Å². The number of nitrogens with one attached hydrogen (secondary N) is 1. The lowest BCUT2D eigenvalue weighted by molar-refractivity contribution is 0.608. The van der Waals surface area contributed by atoms with Gasteiger partial charge in [0.1, 0.15) is 10.8 Å². The van der Waals surface area contributed by atoms with Crippen LogP contribution in [0.3, 0.4) is 0 Å². The van der Waals surface area contributed by atoms with E-state index in [0.29, 0.717) is 28.5 Å². The van der Waals surface area contributed by atoms with E-state index in [1.54, 1.807) is 26.0 Å². The fourth-order valence-corrected chi connectivity index (χ4v) is 1.99. The van der Waals surface area contributed by atoms with Crippen LogP contribution in [0, 0.1) is 19.7 Å². The summed E-state index contributed by atoms with van der Waals surface area (Å²) < 4.78 is 13.5. The highest BCUT2D eigenvalue weighted by atomic mass is 35.5. The van der Waals surface area contributed by atoms with Crippen molar-refractivity contribution in [3.8, 4) is 0 Å². The summed E-state index contributed by atoms with van der Waals surface area (Å²) in [7, 11) is 0. The maximum atomic E-state index is 13.5. The quantitative estimate of drug-likeness (QED) is 0.907. The van der Waals surface area contributed by atoms with E-state index in [9.17, 15) is 4.39 Å². The molecule has 1 aromatic carbocycles. The highest BCUT2D eigenvalue weighted by molar-refractivity contribution is 6.32. The van der Waals surface area contributed by atoms with Crippen LogP contribution in [0.1, 0.15) is 16.7 Å². The van der Waals surface area contributed by atoms with Crippen LogP contribution in [0.25, 0.3) is 0 Å². The third-order valence-electron chi connectivity index (χ3n) is 2.72. The van der Waals surface area contributed by atoms with Crippen molar-refractivity contribution in [1.82, 2.24) is 9.97 Å². The minimum absolute atomic E-state index is 0.151. The molecule has 0 amide bonds. The van der Waals surface area contributed by atoms with Crippen LogP contribution in [0.2, 0.25) is 5.02 Å². The summed E-state index contributed by atoms with van der Waals surface area (Å²) in [5, 5.41) is 3.45. The molecule has 1 heterocycles. The van der Waals surface area contributed by atoms with Crippen molar-refractivity contribution in [2.24, 2.45) is 0 Å². The third kappa shape index (κ3) is 3.12. The molecule has 0 atom stereocenters. The number of halogens is 2. The number of hydrogen-bond donors (Lipinski definition) is 2. The van der Waals surface area contributed by atoms with E-state index in [1.165, 1.54) is 6.20 Å². The Kier molecular flexibility index (Phi) is 3.85. The minimum atomic E-state index is -0.173. The Bertz CT molecular complexity index is 593. The van der Waals surface area contributed by atoms with Gasteiger partial charge in [-0.1, -0.05) is 23.7 Å². The number of nitrogens with two attached hydrogens (primary N) is 1. The summed E-state index contributed by atoms with van der Waals surface area (Å²) in [5.41, 5.74) is 7.67. The summed E-state index contributed by atoms with van der Waals surface area (Å²) >= 11 is 5.95. The molecule has 0 aliphatic carbocycles. The molecule has 0 saturated carbocycles. The highest BCUT2D eigenvalue weighted by Crippen LogP contribution is 2.20. The summed E-state index contributed by atoms with van der Waals surface area (Å²) in [6.45, 7) is 3.96. The molecule has 100 valence electrons. The Morgan fingerprint density at radius 3 is 2.58 bits per heavy atom. The van der Waals surface area contributed by atoms with Crippen molar-refractivity contribution in [3.05, 3.63) is 45.9 Å². The van der Waals surface area contributed by atoms with Crippen LogP contribution in [0.5, 0.6) is 0 Å². The predicted molar refractivity (Wildman–Crippen MR) is 74.7 cm³/mol. The van der Waals surface area contributed by atoms with E-state index < -0.39 is 0 Å². The fourth-order valence-electron chi connectivity index (χ4n) is 1.83. The van der Waals surface area contributed by atoms with Crippen LogP contribution in [-0.2, 0) is 6.54 Å². The molecule has 0 spiro atoms. The lowest BCUT2D eigenvalue weighted by Gasteiger charge is -2.10.